The molecule has 0 bridgehead atoms. The number of hydrogen-bond acceptors (Lipinski definition) is 6. The van der Waals surface area contributed by atoms with Crippen molar-refractivity contribution >= 4 is 22.6 Å². The van der Waals surface area contributed by atoms with E-state index in [2.05, 4.69) is 42.5 Å². The normalized spacial score (nSPS) is 25.2. The van der Waals surface area contributed by atoms with Gasteiger partial charge < -0.3 is 15.6 Å². The fourth-order valence-electron chi connectivity index (χ4n) is 6.06. The van der Waals surface area contributed by atoms with Gasteiger partial charge in [0.15, 0.2) is 0 Å². The van der Waals surface area contributed by atoms with Crippen molar-refractivity contribution in [3.8, 4) is 11.1 Å². The summed E-state index contributed by atoms with van der Waals surface area (Å²) in [4.78, 5) is 25.0. The predicted molar refractivity (Wildman–Crippen MR) is 143 cm³/mol. The number of hydrogen-bond donors (Lipinski definition) is 5. The molecular formula is C29H30FN7O. The van der Waals surface area contributed by atoms with Crippen molar-refractivity contribution in [2.24, 2.45) is 11.8 Å². The van der Waals surface area contributed by atoms with Crippen molar-refractivity contribution in [1.29, 1.82) is 0 Å². The van der Waals surface area contributed by atoms with E-state index >= 15 is 0 Å². The number of carbonyl (C=O) groups is 1. The first-order valence-corrected chi connectivity index (χ1v) is 13.4. The van der Waals surface area contributed by atoms with Crippen LogP contribution in [-0.4, -0.2) is 33.4 Å². The van der Waals surface area contributed by atoms with Gasteiger partial charge in [0.05, 0.1) is 17.9 Å². The molecule has 194 valence electrons. The fraction of sp³-hybridized carbons (Fsp3) is 0.345. The Labute approximate surface area is 219 Å². The van der Waals surface area contributed by atoms with Crippen LogP contribution in [0, 0.1) is 17.7 Å². The minimum atomic E-state index is -0.247. The molecule has 38 heavy (non-hydrogen) atoms. The molecule has 4 unspecified atom stereocenters. The molecule has 1 aliphatic carbocycles. The highest BCUT2D eigenvalue weighted by Crippen LogP contribution is 2.40. The van der Waals surface area contributed by atoms with Gasteiger partial charge in [-0.2, -0.15) is 0 Å². The SMILES string of the molecule is O=C(Nc1cncc(C2CC3C(CN2)NNC3c2cc3c(-c4ccc(F)cc4)ccnc3[nH]2)c1)C1CCC1. The third-order valence-corrected chi connectivity index (χ3v) is 8.41. The van der Waals surface area contributed by atoms with Gasteiger partial charge in [-0.1, -0.05) is 18.6 Å². The van der Waals surface area contributed by atoms with Crippen LogP contribution in [0.2, 0.25) is 0 Å². The van der Waals surface area contributed by atoms with Gasteiger partial charge in [0.1, 0.15) is 11.5 Å². The molecule has 4 aromatic rings. The summed E-state index contributed by atoms with van der Waals surface area (Å²) in [5.74, 6) is 0.321. The number of nitrogens with one attached hydrogen (secondary N) is 5. The van der Waals surface area contributed by atoms with E-state index in [1.165, 1.54) is 12.1 Å². The standard InChI is InChI=1S/C29H30FN7O/c30-19-6-4-16(5-7-19)21-8-9-32-28-22(21)11-25(35-28)27-23-12-24(33-15-26(23)36-37-27)18-10-20(14-31-13-18)34-29(38)17-2-1-3-17/h4-11,13-14,17,23-24,26-27,33,36-37H,1-3,12,15H2,(H,32,35)(H,34,38). The van der Waals surface area contributed by atoms with Crippen LogP contribution in [0.25, 0.3) is 22.2 Å². The number of halogens is 1. The third kappa shape index (κ3) is 4.26. The summed E-state index contributed by atoms with van der Waals surface area (Å²) in [5, 5.41) is 7.73. The van der Waals surface area contributed by atoms with Gasteiger partial charge in [-0.15, -0.1) is 0 Å². The van der Waals surface area contributed by atoms with Crippen LogP contribution < -0.4 is 21.5 Å². The quantitative estimate of drug-likeness (QED) is 0.272. The van der Waals surface area contributed by atoms with Crippen molar-refractivity contribution in [3.63, 3.8) is 0 Å². The van der Waals surface area contributed by atoms with E-state index in [4.69, 9.17) is 0 Å². The summed E-state index contributed by atoms with van der Waals surface area (Å²) >= 11 is 0. The number of fused-ring (bicyclic) bond motifs is 2. The van der Waals surface area contributed by atoms with Gasteiger partial charge in [0.25, 0.3) is 0 Å². The molecule has 9 heteroatoms. The predicted octanol–water partition coefficient (Wildman–Crippen LogP) is 4.37. The number of hydrazine groups is 1. The van der Waals surface area contributed by atoms with Crippen LogP contribution >= 0.6 is 0 Å². The number of rotatable bonds is 5. The second-order valence-electron chi connectivity index (χ2n) is 10.7. The number of H-pyrrole nitrogens is 1. The first kappa shape index (κ1) is 23.5. The van der Waals surface area contributed by atoms with Crippen LogP contribution in [0.3, 0.4) is 0 Å². The Bertz CT molecular complexity index is 1480. The molecule has 5 N–H and O–H groups in total. The number of nitrogens with zero attached hydrogens (tertiary/aromatic N) is 2. The van der Waals surface area contributed by atoms with Crippen molar-refractivity contribution in [1.82, 2.24) is 31.1 Å². The maximum atomic E-state index is 13.5. The van der Waals surface area contributed by atoms with Gasteiger partial charge in [-0.25, -0.2) is 14.8 Å². The van der Waals surface area contributed by atoms with E-state index in [0.29, 0.717) is 5.92 Å². The average molecular weight is 512 g/mol. The van der Waals surface area contributed by atoms with Crippen molar-refractivity contribution in [2.45, 2.75) is 43.8 Å². The van der Waals surface area contributed by atoms with Crippen LogP contribution in [0.4, 0.5) is 10.1 Å². The molecule has 4 atom stereocenters. The fourth-order valence-corrected chi connectivity index (χ4v) is 6.06. The van der Waals surface area contributed by atoms with E-state index in [0.717, 1.165) is 71.3 Å². The Kier molecular flexibility index (Phi) is 5.91. The van der Waals surface area contributed by atoms with E-state index in [-0.39, 0.29) is 35.8 Å². The highest BCUT2D eigenvalue weighted by molar-refractivity contribution is 5.94. The Balaban J connectivity index is 1.12. The van der Waals surface area contributed by atoms with Crippen molar-refractivity contribution in [3.05, 3.63) is 78.1 Å². The van der Waals surface area contributed by atoms with E-state index < -0.39 is 0 Å². The number of aromatic amines is 1. The van der Waals surface area contributed by atoms with Gasteiger partial charge >= 0.3 is 0 Å². The van der Waals surface area contributed by atoms with Gasteiger partial charge in [-0.3, -0.25) is 15.2 Å². The minimum Gasteiger partial charge on any atom is -0.342 e. The topological polar surface area (TPSA) is 107 Å². The number of anilines is 1. The van der Waals surface area contributed by atoms with Crippen LogP contribution in [0.5, 0.6) is 0 Å². The Morgan fingerprint density at radius 3 is 2.74 bits per heavy atom. The lowest BCUT2D eigenvalue weighted by molar-refractivity contribution is -0.122. The molecule has 1 aromatic carbocycles. The third-order valence-electron chi connectivity index (χ3n) is 8.41. The lowest BCUT2D eigenvalue weighted by Crippen LogP contribution is -2.46. The first-order chi connectivity index (χ1) is 18.6. The molecule has 2 aliphatic heterocycles. The largest absolute Gasteiger partial charge is 0.342 e. The Morgan fingerprint density at radius 2 is 1.92 bits per heavy atom. The minimum absolute atomic E-state index is 0.0781. The van der Waals surface area contributed by atoms with E-state index in [9.17, 15) is 9.18 Å². The van der Waals surface area contributed by atoms with Crippen LogP contribution in [-0.2, 0) is 4.79 Å². The molecule has 8 nitrogen and oxygen atoms in total. The zero-order valence-corrected chi connectivity index (χ0v) is 20.9. The molecule has 3 aromatic heterocycles. The summed E-state index contributed by atoms with van der Waals surface area (Å²) in [5.41, 5.74) is 12.7. The second-order valence-corrected chi connectivity index (χ2v) is 10.7. The number of aromatic nitrogens is 3. The molecule has 0 spiro atoms. The van der Waals surface area contributed by atoms with Gasteiger partial charge in [-0.05, 0) is 66.3 Å². The lowest BCUT2D eigenvalue weighted by atomic mass is 9.81. The summed E-state index contributed by atoms with van der Waals surface area (Å²) in [6.45, 7) is 0.816. The monoisotopic (exact) mass is 511 g/mol. The number of pyridine rings is 2. The molecule has 7 rings (SSSR count). The van der Waals surface area contributed by atoms with Crippen molar-refractivity contribution < 1.29 is 9.18 Å². The molecule has 0 radical (unpaired) electrons. The molecule has 3 fully saturated rings. The molecular weight excluding hydrogens is 481 g/mol. The highest BCUT2D eigenvalue weighted by Gasteiger charge is 2.42. The van der Waals surface area contributed by atoms with Crippen molar-refractivity contribution in [2.75, 3.05) is 11.9 Å². The Morgan fingerprint density at radius 1 is 1.05 bits per heavy atom. The zero-order valence-electron chi connectivity index (χ0n) is 20.9. The van der Waals surface area contributed by atoms with Crippen LogP contribution in [0.15, 0.2) is 61.1 Å². The maximum absolute atomic E-state index is 13.5. The average Bonchev–Trinajstić information content (AvgIpc) is 3.52. The van der Waals surface area contributed by atoms with Gasteiger partial charge in [0, 0.05) is 53.9 Å². The summed E-state index contributed by atoms with van der Waals surface area (Å²) < 4.78 is 13.5. The highest BCUT2D eigenvalue weighted by atomic mass is 19.1. The summed E-state index contributed by atoms with van der Waals surface area (Å²) in [7, 11) is 0. The lowest BCUT2D eigenvalue weighted by Gasteiger charge is -2.34. The number of benzene rings is 1. The number of amides is 1. The Hall–Kier alpha value is -3.66. The van der Waals surface area contributed by atoms with Crippen LogP contribution in [0.1, 0.15) is 49.0 Å². The first-order valence-electron chi connectivity index (χ1n) is 13.4. The second kappa shape index (κ2) is 9.58. The molecule has 5 heterocycles. The van der Waals surface area contributed by atoms with E-state index in [1.807, 2.05) is 18.3 Å². The smallest absolute Gasteiger partial charge is 0.227 e. The molecule has 3 aliphatic rings. The zero-order chi connectivity index (χ0) is 25.6. The summed E-state index contributed by atoms with van der Waals surface area (Å²) in [6, 6.07) is 13.3. The number of piperidine rings is 1. The molecule has 1 saturated carbocycles. The summed E-state index contributed by atoms with van der Waals surface area (Å²) in [6.07, 6.45) is 9.39. The van der Waals surface area contributed by atoms with Gasteiger partial charge in [0.2, 0.25) is 5.91 Å². The number of carbonyl (C=O) groups excluding carboxylic acids is 1. The molecule has 2 saturated heterocycles. The van der Waals surface area contributed by atoms with E-state index in [1.54, 1.807) is 24.5 Å². The molecule has 1 amide bonds. The maximum Gasteiger partial charge on any atom is 0.227 e.